The maximum atomic E-state index is 10.8. The minimum absolute atomic E-state index is 0.136. The Morgan fingerprint density at radius 2 is 2.06 bits per heavy atom. The summed E-state index contributed by atoms with van der Waals surface area (Å²) in [6, 6.07) is 5.17. The lowest BCUT2D eigenvalue weighted by atomic mass is 10.0. The maximum Gasteiger partial charge on any atom is 0.269 e. The summed E-state index contributed by atoms with van der Waals surface area (Å²) < 4.78 is 0. The Morgan fingerprint density at radius 3 is 2.56 bits per heavy atom. The van der Waals surface area contributed by atoms with E-state index in [0.717, 1.165) is 13.0 Å². The van der Waals surface area contributed by atoms with Crippen LogP contribution in [0.3, 0.4) is 0 Å². The molecule has 6 heteroatoms. The number of nitro benzene ring substituents is 1. The Bertz CT molecular complexity index is 417. The molecule has 0 bridgehead atoms. The van der Waals surface area contributed by atoms with Crippen LogP contribution >= 0.6 is 0 Å². The molecule has 6 nitrogen and oxygen atoms in total. The zero-order valence-corrected chi connectivity index (χ0v) is 8.53. The van der Waals surface area contributed by atoms with Gasteiger partial charge in [-0.15, -0.1) is 0 Å². The quantitative estimate of drug-likeness (QED) is 0.576. The number of aliphatic hydroxyl groups excluding tert-OH is 2. The van der Waals surface area contributed by atoms with Crippen molar-refractivity contribution in [3.63, 3.8) is 0 Å². The summed E-state index contributed by atoms with van der Waals surface area (Å²) in [7, 11) is 0. The number of non-ortho nitro benzene ring substituents is 1. The number of aliphatic hydroxyl groups is 2. The third-order valence-corrected chi connectivity index (χ3v) is 2.14. The zero-order chi connectivity index (χ0) is 12.3. The van der Waals surface area contributed by atoms with Crippen LogP contribution in [0, 0.1) is 10.1 Å². The standard InChI is InChI=1S/C10H11NO5/c1-6(12)9(13)10(14)7-3-2-4-8(5-7)11(15)16/h2-5,9-10,13-14H,1H3/t9-,10+/m0/s1. The Kier molecular flexibility index (Phi) is 3.70. The van der Waals surface area contributed by atoms with Gasteiger partial charge < -0.3 is 10.2 Å². The van der Waals surface area contributed by atoms with E-state index in [2.05, 4.69) is 0 Å². The lowest BCUT2D eigenvalue weighted by Crippen LogP contribution is -2.25. The van der Waals surface area contributed by atoms with Gasteiger partial charge in [-0.1, -0.05) is 12.1 Å². The molecule has 0 aliphatic heterocycles. The highest BCUT2D eigenvalue weighted by molar-refractivity contribution is 5.81. The monoisotopic (exact) mass is 225 g/mol. The van der Waals surface area contributed by atoms with Crippen molar-refractivity contribution in [2.45, 2.75) is 19.1 Å². The van der Waals surface area contributed by atoms with Crippen LogP contribution in [0.15, 0.2) is 24.3 Å². The molecule has 16 heavy (non-hydrogen) atoms. The van der Waals surface area contributed by atoms with E-state index in [1.807, 2.05) is 0 Å². The maximum absolute atomic E-state index is 10.8. The van der Waals surface area contributed by atoms with E-state index in [4.69, 9.17) is 0 Å². The Balaban J connectivity index is 3.00. The van der Waals surface area contributed by atoms with Gasteiger partial charge in [0.1, 0.15) is 12.2 Å². The van der Waals surface area contributed by atoms with Crippen LogP contribution in [0.5, 0.6) is 0 Å². The number of hydrogen-bond donors (Lipinski definition) is 2. The van der Waals surface area contributed by atoms with Crippen molar-refractivity contribution < 1.29 is 19.9 Å². The van der Waals surface area contributed by atoms with E-state index in [1.165, 1.54) is 18.2 Å². The summed E-state index contributed by atoms with van der Waals surface area (Å²) in [4.78, 5) is 20.7. The average Bonchev–Trinajstić information content (AvgIpc) is 2.27. The number of nitrogens with zero attached hydrogens (tertiary/aromatic N) is 1. The first-order valence-corrected chi connectivity index (χ1v) is 4.54. The van der Waals surface area contributed by atoms with Gasteiger partial charge in [0.25, 0.3) is 5.69 Å². The van der Waals surface area contributed by atoms with E-state index in [-0.39, 0.29) is 11.3 Å². The molecule has 0 aliphatic rings. The molecule has 0 saturated carbocycles. The highest BCUT2D eigenvalue weighted by Gasteiger charge is 2.23. The average molecular weight is 225 g/mol. The third kappa shape index (κ3) is 2.62. The summed E-state index contributed by atoms with van der Waals surface area (Å²) in [6.07, 6.45) is -3.01. The SMILES string of the molecule is CC(=O)[C@H](O)[C@H](O)c1cccc([N+](=O)[O-])c1. The van der Waals surface area contributed by atoms with Crippen molar-refractivity contribution in [3.05, 3.63) is 39.9 Å². The first-order chi connectivity index (χ1) is 7.43. The second-order valence-corrected chi connectivity index (χ2v) is 3.35. The second-order valence-electron chi connectivity index (χ2n) is 3.35. The molecule has 0 aromatic heterocycles. The van der Waals surface area contributed by atoms with E-state index < -0.39 is 22.9 Å². The van der Waals surface area contributed by atoms with Crippen LogP contribution in [0.2, 0.25) is 0 Å². The lowest BCUT2D eigenvalue weighted by Gasteiger charge is -2.14. The van der Waals surface area contributed by atoms with Gasteiger partial charge in [-0.05, 0) is 12.5 Å². The molecule has 0 aliphatic carbocycles. The summed E-state index contributed by atoms with van der Waals surface area (Å²) in [5.41, 5.74) is -0.0656. The van der Waals surface area contributed by atoms with Crippen LogP contribution < -0.4 is 0 Å². The van der Waals surface area contributed by atoms with Crippen molar-refractivity contribution in [2.24, 2.45) is 0 Å². The highest BCUT2D eigenvalue weighted by atomic mass is 16.6. The fourth-order valence-electron chi connectivity index (χ4n) is 1.23. The highest BCUT2D eigenvalue weighted by Crippen LogP contribution is 2.21. The second kappa shape index (κ2) is 4.82. The molecule has 0 radical (unpaired) electrons. The number of ketones is 1. The van der Waals surface area contributed by atoms with E-state index in [1.54, 1.807) is 0 Å². The Hall–Kier alpha value is -1.79. The molecule has 0 unspecified atom stereocenters. The fraction of sp³-hybridized carbons (Fsp3) is 0.300. The van der Waals surface area contributed by atoms with E-state index >= 15 is 0 Å². The van der Waals surface area contributed by atoms with Crippen LogP contribution in [-0.2, 0) is 4.79 Å². The summed E-state index contributed by atoms with van der Waals surface area (Å²) in [5.74, 6) is -0.598. The van der Waals surface area contributed by atoms with Crippen LogP contribution in [-0.4, -0.2) is 27.0 Å². The number of benzene rings is 1. The van der Waals surface area contributed by atoms with Gasteiger partial charge >= 0.3 is 0 Å². The lowest BCUT2D eigenvalue weighted by molar-refractivity contribution is -0.385. The van der Waals surface area contributed by atoms with Crippen LogP contribution in [0.4, 0.5) is 5.69 Å². The number of Topliss-reactive ketones (excluding diaryl/α,β-unsaturated/α-hetero) is 1. The summed E-state index contributed by atoms with van der Waals surface area (Å²) in [6.45, 7) is 1.13. The normalized spacial score (nSPS) is 14.2. The van der Waals surface area contributed by atoms with Crippen molar-refractivity contribution in [1.82, 2.24) is 0 Å². The summed E-state index contributed by atoms with van der Waals surface area (Å²) >= 11 is 0. The molecular formula is C10H11NO5. The van der Waals surface area contributed by atoms with Gasteiger partial charge in [-0.3, -0.25) is 14.9 Å². The molecule has 1 aromatic rings. The number of nitro groups is 1. The minimum atomic E-state index is -1.57. The molecule has 0 heterocycles. The largest absolute Gasteiger partial charge is 0.385 e. The van der Waals surface area contributed by atoms with E-state index in [9.17, 15) is 25.1 Å². The van der Waals surface area contributed by atoms with Crippen molar-refractivity contribution in [3.8, 4) is 0 Å². The van der Waals surface area contributed by atoms with Crippen molar-refractivity contribution in [2.75, 3.05) is 0 Å². The number of carbonyl (C=O) groups is 1. The van der Waals surface area contributed by atoms with Crippen molar-refractivity contribution >= 4 is 11.5 Å². The minimum Gasteiger partial charge on any atom is -0.385 e. The molecular weight excluding hydrogens is 214 g/mol. The number of rotatable bonds is 4. The predicted octanol–water partition coefficient (Wildman–Crippen LogP) is 0.578. The molecule has 1 aromatic carbocycles. The summed E-state index contributed by atoms with van der Waals surface area (Å²) in [5, 5.41) is 29.4. The third-order valence-electron chi connectivity index (χ3n) is 2.14. The van der Waals surface area contributed by atoms with Gasteiger partial charge in [0.15, 0.2) is 5.78 Å². The molecule has 2 N–H and O–H groups in total. The fourth-order valence-corrected chi connectivity index (χ4v) is 1.23. The number of carbonyl (C=O) groups excluding carboxylic acids is 1. The molecule has 0 saturated heterocycles. The Morgan fingerprint density at radius 1 is 1.44 bits per heavy atom. The zero-order valence-electron chi connectivity index (χ0n) is 8.53. The molecule has 0 spiro atoms. The first kappa shape index (κ1) is 12.3. The molecule has 2 atom stereocenters. The molecule has 0 fully saturated rings. The smallest absolute Gasteiger partial charge is 0.269 e. The molecule has 1 rings (SSSR count). The topological polar surface area (TPSA) is 101 Å². The first-order valence-electron chi connectivity index (χ1n) is 4.54. The van der Waals surface area contributed by atoms with Gasteiger partial charge in [0.2, 0.25) is 0 Å². The van der Waals surface area contributed by atoms with Gasteiger partial charge in [-0.2, -0.15) is 0 Å². The van der Waals surface area contributed by atoms with Crippen molar-refractivity contribution in [1.29, 1.82) is 0 Å². The number of hydrogen-bond acceptors (Lipinski definition) is 5. The molecule has 0 amide bonds. The van der Waals surface area contributed by atoms with Crippen LogP contribution in [0.25, 0.3) is 0 Å². The van der Waals surface area contributed by atoms with E-state index in [0.29, 0.717) is 0 Å². The van der Waals surface area contributed by atoms with Crippen LogP contribution in [0.1, 0.15) is 18.6 Å². The van der Waals surface area contributed by atoms with Gasteiger partial charge in [0, 0.05) is 12.1 Å². The molecule has 86 valence electrons. The van der Waals surface area contributed by atoms with Gasteiger partial charge in [-0.25, -0.2) is 0 Å². The van der Waals surface area contributed by atoms with Gasteiger partial charge in [0.05, 0.1) is 4.92 Å². The predicted molar refractivity (Wildman–Crippen MR) is 54.7 cm³/mol. The Labute approximate surface area is 91.3 Å².